The van der Waals surface area contributed by atoms with Gasteiger partial charge in [0.1, 0.15) is 0 Å². The predicted octanol–water partition coefficient (Wildman–Crippen LogP) is 2.23. The average molecular weight is 249 g/mol. The van der Waals surface area contributed by atoms with E-state index in [1.807, 2.05) is 6.92 Å². The molecule has 2 N–H and O–H groups in total. The summed E-state index contributed by atoms with van der Waals surface area (Å²) in [4.78, 5) is 2.37. The highest BCUT2D eigenvalue weighted by molar-refractivity contribution is 5.56. The fourth-order valence-corrected chi connectivity index (χ4v) is 2.56. The molecular formula is C15H23NO2. The smallest absolute Gasteiger partial charge is 0.0702 e. The lowest BCUT2D eigenvalue weighted by molar-refractivity contribution is 0.277. The summed E-state index contributed by atoms with van der Waals surface area (Å²) in [6.07, 6.45) is 4.53. The first-order valence-electron chi connectivity index (χ1n) is 6.84. The molecule has 1 fully saturated rings. The molecule has 3 nitrogen and oxygen atoms in total. The van der Waals surface area contributed by atoms with Gasteiger partial charge in [-0.2, -0.15) is 0 Å². The summed E-state index contributed by atoms with van der Waals surface area (Å²) in [5.74, 6) is 0. The van der Waals surface area contributed by atoms with Gasteiger partial charge in [0, 0.05) is 30.4 Å². The van der Waals surface area contributed by atoms with E-state index in [0.29, 0.717) is 6.04 Å². The Morgan fingerprint density at radius 3 is 2.61 bits per heavy atom. The maximum absolute atomic E-state index is 9.51. The van der Waals surface area contributed by atoms with E-state index < -0.39 is 0 Å². The molecule has 2 rings (SSSR count). The Labute approximate surface area is 109 Å². The minimum Gasteiger partial charge on any atom is -0.396 e. The van der Waals surface area contributed by atoms with Gasteiger partial charge in [-0.1, -0.05) is 17.7 Å². The third-order valence-corrected chi connectivity index (χ3v) is 3.79. The third kappa shape index (κ3) is 2.85. The molecule has 0 spiro atoms. The first kappa shape index (κ1) is 13.4. The van der Waals surface area contributed by atoms with Crippen LogP contribution in [0.15, 0.2) is 18.2 Å². The number of benzene rings is 1. The maximum Gasteiger partial charge on any atom is 0.0702 e. The SMILES string of the molecule is Cc1ccc(N(CCCO)C2CCC2)c(CO)c1. The van der Waals surface area contributed by atoms with Crippen molar-refractivity contribution in [2.24, 2.45) is 0 Å². The zero-order chi connectivity index (χ0) is 13.0. The topological polar surface area (TPSA) is 43.7 Å². The third-order valence-electron chi connectivity index (χ3n) is 3.79. The zero-order valence-corrected chi connectivity index (χ0v) is 11.1. The molecule has 0 aliphatic heterocycles. The van der Waals surface area contributed by atoms with Gasteiger partial charge in [0.15, 0.2) is 0 Å². The van der Waals surface area contributed by atoms with Crippen molar-refractivity contribution in [2.45, 2.75) is 45.3 Å². The molecule has 0 atom stereocenters. The summed E-state index contributed by atoms with van der Waals surface area (Å²) < 4.78 is 0. The molecule has 0 saturated heterocycles. The van der Waals surface area contributed by atoms with Gasteiger partial charge in [-0.05, 0) is 38.7 Å². The Morgan fingerprint density at radius 1 is 1.28 bits per heavy atom. The van der Waals surface area contributed by atoms with E-state index in [9.17, 15) is 5.11 Å². The minimum atomic E-state index is 0.0827. The van der Waals surface area contributed by atoms with Gasteiger partial charge in [-0.15, -0.1) is 0 Å². The highest BCUT2D eigenvalue weighted by atomic mass is 16.3. The van der Waals surface area contributed by atoms with Crippen LogP contribution in [0.5, 0.6) is 0 Å². The number of aryl methyl sites for hydroxylation is 1. The molecule has 0 bridgehead atoms. The van der Waals surface area contributed by atoms with Crippen LogP contribution in [0, 0.1) is 6.92 Å². The Hall–Kier alpha value is -1.06. The van der Waals surface area contributed by atoms with Crippen molar-refractivity contribution in [1.82, 2.24) is 0 Å². The lowest BCUT2D eigenvalue weighted by atomic mass is 9.90. The quantitative estimate of drug-likeness (QED) is 0.812. The van der Waals surface area contributed by atoms with Crippen molar-refractivity contribution in [3.05, 3.63) is 29.3 Å². The van der Waals surface area contributed by atoms with Gasteiger partial charge in [-0.3, -0.25) is 0 Å². The number of rotatable bonds is 6. The van der Waals surface area contributed by atoms with Crippen LogP contribution >= 0.6 is 0 Å². The van der Waals surface area contributed by atoms with Gasteiger partial charge in [-0.25, -0.2) is 0 Å². The largest absolute Gasteiger partial charge is 0.396 e. The molecule has 0 aromatic heterocycles. The van der Waals surface area contributed by atoms with E-state index >= 15 is 0 Å². The standard InChI is InChI=1S/C15H23NO2/c1-12-6-7-15(13(10-12)11-18)16(8-3-9-17)14-4-2-5-14/h6-7,10,14,17-18H,2-5,8-9,11H2,1H3. The number of aliphatic hydroxyl groups is 2. The Balaban J connectivity index is 2.22. The fourth-order valence-electron chi connectivity index (χ4n) is 2.56. The lowest BCUT2D eigenvalue weighted by Gasteiger charge is -2.40. The predicted molar refractivity (Wildman–Crippen MR) is 73.8 cm³/mol. The van der Waals surface area contributed by atoms with E-state index in [1.54, 1.807) is 0 Å². The normalized spacial score (nSPS) is 15.5. The van der Waals surface area contributed by atoms with E-state index in [0.717, 1.165) is 24.2 Å². The summed E-state index contributed by atoms with van der Waals surface area (Å²) >= 11 is 0. The fraction of sp³-hybridized carbons (Fsp3) is 0.600. The van der Waals surface area contributed by atoms with E-state index in [1.165, 1.54) is 24.8 Å². The summed E-state index contributed by atoms with van der Waals surface area (Å²) in [5.41, 5.74) is 3.32. The van der Waals surface area contributed by atoms with Crippen LogP contribution in [-0.2, 0) is 6.61 Å². The van der Waals surface area contributed by atoms with Crippen LogP contribution in [-0.4, -0.2) is 29.4 Å². The molecule has 0 amide bonds. The minimum absolute atomic E-state index is 0.0827. The lowest BCUT2D eigenvalue weighted by Crippen LogP contribution is -2.41. The first-order chi connectivity index (χ1) is 8.76. The monoisotopic (exact) mass is 249 g/mol. The molecule has 1 aromatic rings. The number of hydrogen-bond acceptors (Lipinski definition) is 3. The molecule has 100 valence electrons. The van der Waals surface area contributed by atoms with E-state index in [2.05, 4.69) is 23.1 Å². The van der Waals surface area contributed by atoms with Crippen LogP contribution in [0.25, 0.3) is 0 Å². The summed E-state index contributed by atoms with van der Waals surface area (Å²) in [6, 6.07) is 6.85. The second kappa shape index (κ2) is 6.21. The number of hydrogen-bond donors (Lipinski definition) is 2. The number of anilines is 1. The van der Waals surface area contributed by atoms with Crippen LogP contribution < -0.4 is 4.90 Å². The van der Waals surface area contributed by atoms with Gasteiger partial charge >= 0.3 is 0 Å². The molecular weight excluding hydrogens is 226 g/mol. The van der Waals surface area contributed by atoms with Crippen LogP contribution in [0.1, 0.15) is 36.8 Å². The van der Waals surface area contributed by atoms with Gasteiger partial charge < -0.3 is 15.1 Å². The Bertz CT molecular complexity index is 388. The Kier molecular flexibility index (Phi) is 4.61. The number of aliphatic hydroxyl groups excluding tert-OH is 2. The van der Waals surface area contributed by atoms with Gasteiger partial charge in [0.05, 0.1) is 6.61 Å². The molecule has 1 aromatic carbocycles. The molecule has 18 heavy (non-hydrogen) atoms. The van der Waals surface area contributed by atoms with Crippen molar-refractivity contribution in [1.29, 1.82) is 0 Å². The molecule has 1 saturated carbocycles. The van der Waals surface area contributed by atoms with E-state index in [4.69, 9.17) is 5.11 Å². The number of nitrogens with zero attached hydrogens (tertiary/aromatic N) is 1. The maximum atomic E-state index is 9.51. The summed E-state index contributed by atoms with van der Waals surface area (Å²) in [7, 11) is 0. The van der Waals surface area contributed by atoms with Crippen molar-refractivity contribution in [3.63, 3.8) is 0 Å². The van der Waals surface area contributed by atoms with Crippen molar-refractivity contribution in [3.8, 4) is 0 Å². The summed E-state index contributed by atoms with van der Waals surface area (Å²) in [6.45, 7) is 3.23. The van der Waals surface area contributed by atoms with Crippen molar-refractivity contribution in [2.75, 3.05) is 18.1 Å². The molecule has 0 unspecified atom stereocenters. The second-order valence-electron chi connectivity index (χ2n) is 5.15. The second-order valence-corrected chi connectivity index (χ2v) is 5.15. The van der Waals surface area contributed by atoms with Gasteiger partial charge in [0.25, 0.3) is 0 Å². The first-order valence-corrected chi connectivity index (χ1v) is 6.84. The van der Waals surface area contributed by atoms with Crippen molar-refractivity contribution < 1.29 is 10.2 Å². The Morgan fingerprint density at radius 2 is 2.06 bits per heavy atom. The van der Waals surface area contributed by atoms with Crippen LogP contribution in [0.2, 0.25) is 0 Å². The van der Waals surface area contributed by atoms with Crippen LogP contribution in [0.3, 0.4) is 0 Å². The summed E-state index contributed by atoms with van der Waals surface area (Å²) in [5, 5.41) is 18.5. The highest BCUT2D eigenvalue weighted by Gasteiger charge is 2.26. The van der Waals surface area contributed by atoms with E-state index in [-0.39, 0.29) is 13.2 Å². The molecule has 1 aliphatic rings. The molecule has 3 heteroatoms. The zero-order valence-electron chi connectivity index (χ0n) is 11.1. The molecule has 1 aliphatic carbocycles. The average Bonchev–Trinajstić information content (AvgIpc) is 2.32. The van der Waals surface area contributed by atoms with Gasteiger partial charge in [0.2, 0.25) is 0 Å². The highest BCUT2D eigenvalue weighted by Crippen LogP contribution is 2.32. The molecule has 0 radical (unpaired) electrons. The van der Waals surface area contributed by atoms with Crippen LogP contribution in [0.4, 0.5) is 5.69 Å². The van der Waals surface area contributed by atoms with Crippen molar-refractivity contribution >= 4 is 5.69 Å². The molecule has 0 heterocycles.